The Morgan fingerprint density at radius 2 is 1.56 bits per heavy atom. The van der Waals surface area contributed by atoms with Crippen LogP contribution in [0.25, 0.3) is 0 Å². The average molecular weight is 398 g/mol. The van der Waals surface area contributed by atoms with Crippen molar-refractivity contribution < 1.29 is 13.9 Å². The summed E-state index contributed by atoms with van der Waals surface area (Å²) in [5.41, 5.74) is 1.92. The molecule has 5 heteroatoms. The maximum Gasteiger partial charge on any atom is 0.343 e. The molecule has 0 bridgehead atoms. The number of carbonyl (C=O) groups is 1. The molecule has 0 aliphatic carbocycles. The first kappa shape index (κ1) is 17.0. The summed E-state index contributed by atoms with van der Waals surface area (Å²) in [6.07, 6.45) is 1.65. The van der Waals surface area contributed by atoms with E-state index in [1.807, 2.05) is 0 Å². The molecule has 0 fully saturated rings. The smallest absolute Gasteiger partial charge is 0.343 e. The number of aliphatic imine (C=N–C) groups is 1. The molecular formula is C20H13BrFNO2. The highest BCUT2D eigenvalue weighted by atomic mass is 79.9. The van der Waals surface area contributed by atoms with Crippen LogP contribution in [0.4, 0.5) is 10.1 Å². The second-order valence-corrected chi connectivity index (χ2v) is 6.12. The largest absolute Gasteiger partial charge is 0.423 e. The summed E-state index contributed by atoms with van der Waals surface area (Å²) in [7, 11) is 0. The van der Waals surface area contributed by atoms with Crippen LogP contribution in [0.5, 0.6) is 5.75 Å². The van der Waals surface area contributed by atoms with Crippen LogP contribution >= 0.6 is 15.9 Å². The number of hydrogen-bond acceptors (Lipinski definition) is 3. The predicted molar refractivity (Wildman–Crippen MR) is 99.2 cm³/mol. The molecule has 0 aromatic heterocycles. The van der Waals surface area contributed by atoms with E-state index in [1.54, 1.807) is 66.9 Å². The minimum Gasteiger partial charge on any atom is -0.423 e. The fourth-order valence-electron chi connectivity index (χ4n) is 2.05. The average Bonchev–Trinajstić information content (AvgIpc) is 2.63. The summed E-state index contributed by atoms with van der Waals surface area (Å²) in [4.78, 5) is 16.4. The molecular weight excluding hydrogens is 385 g/mol. The summed E-state index contributed by atoms with van der Waals surface area (Å²) >= 11 is 3.33. The van der Waals surface area contributed by atoms with Gasteiger partial charge in [0.05, 0.1) is 11.3 Å². The third kappa shape index (κ3) is 4.84. The van der Waals surface area contributed by atoms with Crippen LogP contribution in [-0.2, 0) is 0 Å². The van der Waals surface area contributed by atoms with Crippen LogP contribution in [0.3, 0.4) is 0 Å². The fourth-order valence-corrected chi connectivity index (χ4v) is 2.31. The second kappa shape index (κ2) is 7.85. The molecule has 0 saturated heterocycles. The molecule has 0 N–H and O–H groups in total. The number of hydrogen-bond donors (Lipinski definition) is 0. The molecule has 0 spiro atoms. The SMILES string of the molecule is O=C(Oc1ccc(Br)cc1)c1ccc(C=Nc2ccc(F)cc2)cc1. The molecule has 0 unspecified atom stereocenters. The number of halogens is 2. The lowest BCUT2D eigenvalue weighted by Gasteiger charge is -2.04. The van der Waals surface area contributed by atoms with E-state index in [0.717, 1.165) is 10.0 Å². The predicted octanol–water partition coefficient (Wildman–Crippen LogP) is 5.56. The van der Waals surface area contributed by atoms with Crippen molar-refractivity contribution >= 4 is 33.8 Å². The number of rotatable bonds is 4. The molecule has 3 aromatic carbocycles. The summed E-state index contributed by atoms with van der Waals surface area (Å²) in [6.45, 7) is 0. The van der Waals surface area contributed by atoms with Crippen LogP contribution in [0.15, 0.2) is 82.3 Å². The van der Waals surface area contributed by atoms with Gasteiger partial charge in [-0.3, -0.25) is 4.99 Å². The zero-order valence-corrected chi connectivity index (χ0v) is 14.6. The molecule has 124 valence electrons. The quantitative estimate of drug-likeness (QED) is 0.328. The maximum atomic E-state index is 12.8. The van der Waals surface area contributed by atoms with Gasteiger partial charge in [0.2, 0.25) is 0 Å². The Bertz CT molecular complexity index is 888. The Kier molecular flexibility index (Phi) is 5.36. The van der Waals surface area contributed by atoms with Crippen LogP contribution in [0.1, 0.15) is 15.9 Å². The van der Waals surface area contributed by atoms with E-state index in [1.165, 1.54) is 12.1 Å². The van der Waals surface area contributed by atoms with E-state index in [-0.39, 0.29) is 5.82 Å². The molecule has 3 aromatic rings. The second-order valence-electron chi connectivity index (χ2n) is 5.20. The van der Waals surface area contributed by atoms with Crippen molar-refractivity contribution in [3.63, 3.8) is 0 Å². The Hall–Kier alpha value is -2.79. The van der Waals surface area contributed by atoms with E-state index in [0.29, 0.717) is 17.0 Å². The highest BCUT2D eigenvalue weighted by Gasteiger charge is 2.08. The van der Waals surface area contributed by atoms with Gasteiger partial charge in [0.25, 0.3) is 0 Å². The van der Waals surface area contributed by atoms with E-state index in [4.69, 9.17) is 4.74 Å². The lowest BCUT2D eigenvalue weighted by molar-refractivity contribution is 0.0735. The molecule has 0 saturated carbocycles. The van der Waals surface area contributed by atoms with Crippen LogP contribution in [-0.4, -0.2) is 12.2 Å². The summed E-state index contributed by atoms with van der Waals surface area (Å²) in [5.74, 6) is -0.243. The van der Waals surface area contributed by atoms with Crippen molar-refractivity contribution in [3.8, 4) is 5.75 Å². The van der Waals surface area contributed by atoms with Gasteiger partial charge < -0.3 is 4.74 Å². The summed E-state index contributed by atoms with van der Waals surface area (Å²) in [5, 5.41) is 0. The van der Waals surface area contributed by atoms with Gasteiger partial charge in [-0.25, -0.2) is 9.18 Å². The van der Waals surface area contributed by atoms with Crippen molar-refractivity contribution in [1.82, 2.24) is 0 Å². The number of carbonyl (C=O) groups excluding carboxylic acids is 1. The van der Waals surface area contributed by atoms with Gasteiger partial charge in [-0.2, -0.15) is 0 Å². The molecule has 25 heavy (non-hydrogen) atoms. The first-order chi connectivity index (χ1) is 12.1. The maximum absolute atomic E-state index is 12.8. The molecule has 0 atom stereocenters. The standard InChI is InChI=1S/C20H13BrFNO2/c21-16-5-11-19(12-6-16)25-20(24)15-3-1-14(2-4-15)13-23-18-9-7-17(22)8-10-18/h1-13H. The minimum atomic E-state index is -0.427. The first-order valence-electron chi connectivity index (χ1n) is 7.47. The zero-order valence-electron chi connectivity index (χ0n) is 13.0. The Morgan fingerprint density at radius 1 is 0.920 bits per heavy atom. The third-order valence-corrected chi connectivity index (χ3v) is 3.89. The highest BCUT2D eigenvalue weighted by Crippen LogP contribution is 2.18. The van der Waals surface area contributed by atoms with Gasteiger partial charge in [-0.15, -0.1) is 0 Å². The summed E-state index contributed by atoms with van der Waals surface area (Å²) < 4.78 is 19.1. The highest BCUT2D eigenvalue weighted by molar-refractivity contribution is 9.10. The monoisotopic (exact) mass is 397 g/mol. The van der Waals surface area contributed by atoms with E-state index in [2.05, 4.69) is 20.9 Å². The van der Waals surface area contributed by atoms with Gasteiger partial charge in [-0.05, 0) is 66.2 Å². The molecule has 3 nitrogen and oxygen atoms in total. The third-order valence-electron chi connectivity index (χ3n) is 3.36. The number of esters is 1. The number of nitrogens with zero attached hydrogens (tertiary/aromatic N) is 1. The molecule has 0 amide bonds. The summed E-state index contributed by atoms with van der Waals surface area (Å²) in [6, 6.07) is 19.8. The van der Waals surface area contributed by atoms with Gasteiger partial charge in [0, 0.05) is 10.7 Å². The van der Waals surface area contributed by atoms with Crippen LogP contribution in [0.2, 0.25) is 0 Å². The molecule has 0 aliphatic rings. The normalized spacial score (nSPS) is 10.8. The number of ether oxygens (including phenoxy) is 1. The van der Waals surface area contributed by atoms with Crippen LogP contribution in [0, 0.1) is 5.82 Å². The molecule has 0 heterocycles. The molecule has 0 aliphatic heterocycles. The van der Waals surface area contributed by atoms with Crippen molar-refractivity contribution in [2.75, 3.05) is 0 Å². The molecule has 0 radical (unpaired) electrons. The lowest BCUT2D eigenvalue weighted by Crippen LogP contribution is -2.08. The zero-order chi connectivity index (χ0) is 17.6. The Labute approximate surface area is 152 Å². The van der Waals surface area contributed by atoms with E-state index in [9.17, 15) is 9.18 Å². The topological polar surface area (TPSA) is 38.7 Å². The fraction of sp³-hybridized carbons (Fsp3) is 0. The van der Waals surface area contributed by atoms with Crippen molar-refractivity contribution in [2.24, 2.45) is 4.99 Å². The van der Waals surface area contributed by atoms with Crippen molar-refractivity contribution in [3.05, 3.63) is 94.2 Å². The first-order valence-corrected chi connectivity index (χ1v) is 8.27. The van der Waals surface area contributed by atoms with Crippen LogP contribution < -0.4 is 4.74 Å². The van der Waals surface area contributed by atoms with E-state index >= 15 is 0 Å². The number of benzene rings is 3. The van der Waals surface area contributed by atoms with Crippen molar-refractivity contribution in [2.45, 2.75) is 0 Å². The Morgan fingerprint density at radius 3 is 2.20 bits per heavy atom. The van der Waals surface area contributed by atoms with Gasteiger partial charge in [0.15, 0.2) is 0 Å². The minimum absolute atomic E-state index is 0.299. The van der Waals surface area contributed by atoms with E-state index < -0.39 is 5.97 Å². The van der Waals surface area contributed by atoms with Gasteiger partial charge >= 0.3 is 5.97 Å². The Balaban J connectivity index is 1.66. The van der Waals surface area contributed by atoms with Gasteiger partial charge in [0.1, 0.15) is 11.6 Å². The lowest BCUT2D eigenvalue weighted by atomic mass is 10.1. The van der Waals surface area contributed by atoms with Gasteiger partial charge in [-0.1, -0.05) is 28.1 Å². The van der Waals surface area contributed by atoms with Crippen molar-refractivity contribution in [1.29, 1.82) is 0 Å². The molecule has 3 rings (SSSR count).